The lowest BCUT2D eigenvalue weighted by atomic mass is 10.2. The van der Waals surface area contributed by atoms with E-state index in [1.54, 1.807) is 13.4 Å². The number of aromatic nitrogens is 3. The molecule has 0 spiro atoms. The molecule has 0 unspecified atom stereocenters. The lowest BCUT2D eigenvalue weighted by molar-refractivity contribution is 0.809. The van der Waals surface area contributed by atoms with Gasteiger partial charge < -0.3 is 9.13 Å². The van der Waals surface area contributed by atoms with Crippen LogP contribution in [-0.4, -0.2) is 14.1 Å². The van der Waals surface area contributed by atoms with Crippen LogP contribution in [0, 0.1) is 0 Å². The number of benzene rings is 2. The summed E-state index contributed by atoms with van der Waals surface area (Å²) in [5, 5.41) is 1.02. The Morgan fingerprint density at radius 2 is 1.73 bits per heavy atom. The van der Waals surface area contributed by atoms with Crippen molar-refractivity contribution < 1.29 is 0 Å². The molecule has 22 heavy (non-hydrogen) atoms. The van der Waals surface area contributed by atoms with Gasteiger partial charge in [0.05, 0.1) is 11.8 Å². The molecule has 4 heteroatoms. The molecule has 2 aromatic heterocycles. The van der Waals surface area contributed by atoms with E-state index in [0.717, 1.165) is 22.0 Å². The van der Waals surface area contributed by atoms with Gasteiger partial charge in [0.15, 0.2) is 0 Å². The highest BCUT2D eigenvalue weighted by molar-refractivity contribution is 6.05. The zero-order chi connectivity index (χ0) is 15.1. The van der Waals surface area contributed by atoms with E-state index in [1.165, 1.54) is 4.57 Å². The first-order valence-electron chi connectivity index (χ1n) is 7.22. The van der Waals surface area contributed by atoms with Gasteiger partial charge in [-0.2, -0.15) is 0 Å². The van der Waals surface area contributed by atoms with Crippen LogP contribution in [0.5, 0.6) is 0 Å². The Hall–Kier alpha value is -2.88. The van der Waals surface area contributed by atoms with Crippen molar-refractivity contribution in [3.8, 4) is 0 Å². The van der Waals surface area contributed by atoms with Crippen LogP contribution in [0.2, 0.25) is 0 Å². The molecule has 0 atom stereocenters. The van der Waals surface area contributed by atoms with E-state index in [-0.39, 0.29) is 5.56 Å². The summed E-state index contributed by atoms with van der Waals surface area (Å²) in [4.78, 5) is 17.1. The predicted molar refractivity (Wildman–Crippen MR) is 88.0 cm³/mol. The minimum atomic E-state index is -0.0165. The van der Waals surface area contributed by atoms with Gasteiger partial charge in [-0.3, -0.25) is 4.79 Å². The fourth-order valence-electron chi connectivity index (χ4n) is 2.93. The molecule has 0 N–H and O–H groups in total. The molecule has 0 aliphatic heterocycles. The molecule has 108 valence electrons. The SMILES string of the molecule is Cn1cnc2c3ccccc3n(Cc3ccccc3)c2c1=O. The van der Waals surface area contributed by atoms with Gasteiger partial charge in [0, 0.05) is 19.0 Å². The molecule has 0 radical (unpaired) electrons. The summed E-state index contributed by atoms with van der Waals surface area (Å²) >= 11 is 0. The number of aryl methyl sites for hydroxylation is 1. The molecule has 4 rings (SSSR count). The van der Waals surface area contributed by atoms with Crippen LogP contribution in [-0.2, 0) is 13.6 Å². The summed E-state index contributed by atoms with van der Waals surface area (Å²) in [6.45, 7) is 0.659. The van der Waals surface area contributed by atoms with Crippen molar-refractivity contribution in [2.75, 3.05) is 0 Å². The van der Waals surface area contributed by atoms with Gasteiger partial charge in [0.2, 0.25) is 0 Å². The van der Waals surface area contributed by atoms with Crippen molar-refractivity contribution in [1.29, 1.82) is 0 Å². The van der Waals surface area contributed by atoms with Crippen LogP contribution < -0.4 is 5.56 Å². The molecular formula is C18H15N3O. The average Bonchev–Trinajstić information content (AvgIpc) is 2.87. The summed E-state index contributed by atoms with van der Waals surface area (Å²) in [5.74, 6) is 0. The van der Waals surface area contributed by atoms with Gasteiger partial charge in [-0.1, -0.05) is 48.5 Å². The van der Waals surface area contributed by atoms with Crippen molar-refractivity contribution in [3.05, 3.63) is 76.8 Å². The molecule has 0 fully saturated rings. The van der Waals surface area contributed by atoms with Crippen LogP contribution >= 0.6 is 0 Å². The Balaban J connectivity index is 2.10. The number of para-hydroxylation sites is 1. The number of rotatable bonds is 2. The van der Waals surface area contributed by atoms with Gasteiger partial charge in [-0.25, -0.2) is 4.98 Å². The quantitative estimate of drug-likeness (QED) is 0.569. The van der Waals surface area contributed by atoms with Crippen LogP contribution in [0.25, 0.3) is 21.9 Å². The molecule has 0 amide bonds. The summed E-state index contributed by atoms with van der Waals surface area (Å²) < 4.78 is 3.60. The Morgan fingerprint density at radius 3 is 2.55 bits per heavy atom. The fourth-order valence-corrected chi connectivity index (χ4v) is 2.93. The van der Waals surface area contributed by atoms with Crippen LogP contribution in [0.3, 0.4) is 0 Å². The molecule has 4 aromatic rings. The third kappa shape index (κ3) is 1.84. The topological polar surface area (TPSA) is 39.8 Å². The Kier molecular flexibility index (Phi) is 2.82. The van der Waals surface area contributed by atoms with E-state index >= 15 is 0 Å². The van der Waals surface area contributed by atoms with Gasteiger partial charge in [0.25, 0.3) is 5.56 Å². The largest absolute Gasteiger partial charge is 0.330 e. The summed E-state index contributed by atoms with van der Waals surface area (Å²) in [6.07, 6.45) is 1.59. The van der Waals surface area contributed by atoms with Crippen molar-refractivity contribution in [3.63, 3.8) is 0 Å². The first-order valence-corrected chi connectivity index (χ1v) is 7.22. The minimum Gasteiger partial charge on any atom is -0.330 e. The number of fused-ring (bicyclic) bond motifs is 3. The molecule has 0 aliphatic carbocycles. The molecular weight excluding hydrogens is 274 g/mol. The number of nitrogens with zero attached hydrogens (tertiary/aromatic N) is 3. The van der Waals surface area contributed by atoms with Gasteiger partial charge in [-0.05, 0) is 11.6 Å². The third-order valence-corrected chi connectivity index (χ3v) is 4.01. The maximum Gasteiger partial charge on any atom is 0.277 e. The van der Waals surface area contributed by atoms with Crippen LogP contribution in [0.1, 0.15) is 5.56 Å². The zero-order valence-electron chi connectivity index (χ0n) is 12.2. The van der Waals surface area contributed by atoms with Crippen LogP contribution in [0.15, 0.2) is 65.7 Å². The van der Waals surface area contributed by atoms with Gasteiger partial charge >= 0.3 is 0 Å². The van der Waals surface area contributed by atoms with E-state index in [2.05, 4.69) is 21.7 Å². The van der Waals surface area contributed by atoms with E-state index in [1.807, 2.05) is 42.5 Å². The van der Waals surface area contributed by atoms with Gasteiger partial charge in [0.1, 0.15) is 11.0 Å². The van der Waals surface area contributed by atoms with Crippen molar-refractivity contribution in [2.24, 2.45) is 7.05 Å². The molecule has 2 heterocycles. The maximum absolute atomic E-state index is 12.6. The molecule has 0 saturated carbocycles. The van der Waals surface area contributed by atoms with Crippen molar-refractivity contribution in [1.82, 2.24) is 14.1 Å². The minimum absolute atomic E-state index is 0.0165. The summed E-state index contributed by atoms with van der Waals surface area (Å²) in [7, 11) is 1.74. The van der Waals surface area contributed by atoms with E-state index < -0.39 is 0 Å². The lowest BCUT2D eigenvalue weighted by Crippen LogP contribution is -2.19. The lowest BCUT2D eigenvalue weighted by Gasteiger charge is -2.07. The number of hydrogen-bond acceptors (Lipinski definition) is 2. The zero-order valence-corrected chi connectivity index (χ0v) is 12.2. The highest BCUT2D eigenvalue weighted by Gasteiger charge is 2.15. The summed E-state index contributed by atoms with van der Waals surface area (Å²) in [6, 6.07) is 18.2. The van der Waals surface area contributed by atoms with E-state index in [4.69, 9.17) is 0 Å². The van der Waals surface area contributed by atoms with Crippen molar-refractivity contribution >= 4 is 21.9 Å². The average molecular weight is 289 g/mol. The third-order valence-electron chi connectivity index (χ3n) is 4.01. The monoisotopic (exact) mass is 289 g/mol. The highest BCUT2D eigenvalue weighted by Crippen LogP contribution is 2.25. The molecule has 0 bridgehead atoms. The smallest absolute Gasteiger partial charge is 0.277 e. The maximum atomic E-state index is 12.6. The Labute approximate surface area is 127 Å². The van der Waals surface area contributed by atoms with E-state index in [0.29, 0.717) is 12.1 Å². The second-order valence-corrected chi connectivity index (χ2v) is 5.45. The second-order valence-electron chi connectivity index (χ2n) is 5.45. The van der Waals surface area contributed by atoms with Crippen molar-refractivity contribution in [2.45, 2.75) is 6.54 Å². The van der Waals surface area contributed by atoms with E-state index in [9.17, 15) is 4.79 Å². The molecule has 0 aliphatic rings. The molecule has 0 saturated heterocycles. The Bertz CT molecular complexity index is 1030. The summed E-state index contributed by atoms with van der Waals surface area (Å²) in [5.41, 5.74) is 3.62. The second kappa shape index (κ2) is 4.84. The first kappa shape index (κ1) is 12.8. The Morgan fingerprint density at radius 1 is 1.00 bits per heavy atom. The first-order chi connectivity index (χ1) is 10.8. The standard InChI is InChI=1S/C18H15N3O/c1-20-12-19-16-14-9-5-6-10-15(14)21(17(16)18(20)22)11-13-7-3-2-4-8-13/h2-10,12H,11H2,1H3. The predicted octanol–water partition coefficient (Wildman–Crippen LogP) is 2.94. The fraction of sp³-hybridized carbons (Fsp3) is 0.111. The highest BCUT2D eigenvalue weighted by atomic mass is 16.1. The normalized spacial score (nSPS) is 11.3. The number of hydrogen-bond donors (Lipinski definition) is 0. The van der Waals surface area contributed by atoms with Crippen LogP contribution in [0.4, 0.5) is 0 Å². The molecule has 4 nitrogen and oxygen atoms in total. The van der Waals surface area contributed by atoms with Gasteiger partial charge in [-0.15, -0.1) is 0 Å². The molecule has 2 aromatic carbocycles.